The van der Waals surface area contributed by atoms with Crippen LogP contribution in [0.15, 0.2) is 18.2 Å². The second-order valence-electron chi connectivity index (χ2n) is 11.7. The average molecular weight is 575 g/mol. The first kappa shape index (κ1) is 34.3. The van der Waals surface area contributed by atoms with Gasteiger partial charge in [0.05, 0.1) is 18.3 Å². The highest BCUT2D eigenvalue weighted by Crippen LogP contribution is 2.38. The fourth-order valence-corrected chi connectivity index (χ4v) is 5.10. The molecule has 0 saturated carbocycles. The number of rotatable bonds is 16. The summed E-state index contributed by atoms with van der Waals surface area (Å²) >= 11 is 0. The molecule has 1 aliphatic heterocycles. The Morgan fingerprint density at radius 2 is 1.80 bits per heavy atom. The average Bonchev–Trinajstić information content (AvgIpc) is 2.88. The Bertz CT molecular complexity index is 891. The van der Waals surface area contributed by atoms with Crippen molar-refractivity contribution in [3.05, 3.63) is 29.3 Å². The molecule has 1 amide bonds. The fourth-order valence-electron chi connectivity index (χ4n) is 5.10. The van der Waals surface area contributed by atoms with Gasteiger partial charge in [-0.2, -0.15) is 13.2 Å². The minimum absolute atomic E-state index is 0.0105. The largest absolute Gasteiger partial charge is 0.493 e. The number of methoxy groups -OCH3 is 1. The Balaban J connectivity index is 2.07. The van der Waals surface area contributed by atoms with Gasteiger partial charge >= 0.3 is 6.18 Å². The SMILES string of the molecule is COCCCOc1cc(CC(CC(N)C(O)CC(C(=O)NC2CCOCC2)C(C)C)C(C)C)ccc1C(F)(F)F. The van der Waals surface area contributed by atoms with E-state index in [0.717, 1.165) is 18.9 Å². The number of nitrogens with one attached hydrogen (secondary N) is 1. The van der Waals surface area contributed by atoms with E-state index in [0.29, 0.717) is 44.6 Å². The second kappa shape index (κ2) is 16.5. The number of benzene rings is 1. The molecule has 1 heterocycles. The first-order valence-corrected chi connectivity index (χ1v) is 14.5. The Morgan fingerprint density at radius 1 is 1.12 bits per heavy atom. The predicted molar refractivity (Wildman–Crippen MR) is 149 cm³/mol. The molecule has 1 aromatic rings. The van der Waals surface area contributed by atoms with Crippen LogP contribution in [0.3, 0.4) is 0 Å². The maximum absolute atomic E-state index is 13.6. The maximum atomic E-state index is 13.6. The van der Waals surface area contributed by atoms with Crippen molar-refractivity contribution < 1.29 is 37.3 Å². The van der Waals surface area contributed by atoms with Crippen molar-refractivity contribution in [1.82, 2.24) is 5.32 Å². The lowest BCUT2D eigenvalue weighted by molar-refractivity contribution is -0.139. The summed E-state index contributed by atoms with van der Waals surface area (Å²) in [6, 6.07) is 3.51. The lowest BCUT2D eigenvalue weighted by Crippen LogP contribution is -2.46. The molecule has 1 aliphatic rings. The number of carbonyl (C=O) groups excluding carboxylic acids is 1. The zero-order chi connectivity index (χ0) is 29.9. The fraction of sp³-hybridized carbons (Fsp3) is 0.767. The molecular formula is C30H49F3N2O5. The number of hydrogen-bond acceptors (Lipinski definition) is 6. The van der Waals surface area contributed by atoms with Crippen molar-refractivity contribution in [2.24, 2.45) is 29.4 Å². The van der Waals surface area contributed by atoms with E-state index in [9.17, 15) is 23.1 Å². The molecule has 4 N–H and O–H groups in total. The highest BCUT2D eigenvalue weighted by Gasteiger charge is 2.35. The van der Waals surface area contributed by atoms with Gasteiger partial charge in [0.1, 0.15) is 5.75 Å². The zero-order valence-corrected chi connectivity index (χ0v) is 24.6. The highest BCUT2D eigenvalue weighted by atomic mass is 19.4. The minimum Gasteiger partial charge on any atom is -0.493 e. The molecule has 4 unspecified atom stereocenters. The number of alkyl halides is 3. The lowest BCUT2D eigenvalue weighted by Gasteiger charge is -2.31. The van der Waals surface area contributed by atoms with Crippen LogP contribution in [0.25, 0.3) is 0 Å². The van der Waals surface area contributed by atoms with E-state index in [2.05, 4.69) is 5.32 Å². The summed E-state index contributed by atoms with van der Waals surface area (Å²) in [5, 5.41) is 14.1. The molecule has 4 atom stereocenters. The summed E-state index contributed by atoms with van der Waals surface area (Å²) < 4.78 is 56.5. The molecule has 0 radical (unpaired) electrons. The van der Waals surface area contributed by atoms with Gasteiger partial charge in [0.15, 0.2) is 0 Å². The molecular weight excluding hydrogens is 525 g/mol. The van der Waals surface area contributed by atoms with E-state index in [1.165, 1.54) is 19.2 Å². The summed E-state index contributed by atoms with van der Waals surface area (Å²) in [5.74, 6) is -0.439. The number of amides is 1. The first-order chi connectivity index (χ1) is 18.8. The van der Waals surface area contributed by atoms with Gasteiger partial charge in [-0.1, -0.05) is 33.8 Å². The van der Waals surface area contributed by atoms with Crippen molar-refractivity contribution in [3.63, 3.8) is 0 Å². The third-order valence-electron chi connectivity index (χ3n) is 7.82. The topological polar surface area (TPSA) is 103 Å². The third-order valence-corrected chi connectivity index (χ3v) is 7.82. The van der Waals surface area contributed by atoms with Crippen molar-refractivity contribution in [2.45, 2.75) is 90.6 Å². The molecule has 1 saturated heterocycles. The van der Waals surface area contributed by atoms with E-state index in [1.807, 2.05) is 27.7 Å². The van der Waals surface area contributed by atoms with Crippen LogP contribution in [-0.4, -0.2) is 62.7 Å². The van der Waals surface area contributed by atoms with Gasteiger partial charge in [-0.3, -0.25) is 4.79 Å². The number of ether oxygens (including phenoxy) is 3. The number of carbonyl (C=O) groups is 1. The van der Waals surface area contributed by atoms with Crippen LogP contribution in [0, 0.1) is 23.7 Å². The van der Waals surface area contributed by atoms with E-state index in [-0.39, 0.29) is 54.4 Å². The van der Waals surface area contributed by atoms with Gasteiger partial charge in [-0.15, -0.1) is 0 Å². The summed E-state index contributed by atoms with van der Waals surface area (Å²) in [6.07, 6.45) is -2.18. The number of aliphatic hydroxyl groups excluding tert-OH is 1. The van der Waals surface area contributed by atoms with Crippen LogP contribution in [0.2, 0.25) is 0 Å². The van der Waals surface area contributed by atoms with Gasteiger partial charge < -0.3 is 30.4 Å². The van der Waals surface area contributed by atoms with Gasteiger partial charge in [0.25, 0.3) is 0 Å². The Labute approximate surface area is 237 Å². The zero-order valence-electron chi connectivity index (χ0n) is 24.6. The van der Waals surface area contributed by atoms with Crippen LogP contribution < -0.4 is 15.8 Å². The van der Waals surface area contributed by atoms with Gasteiger partial charge in [0, 0.05) is 51.4 Å². The van der Waals surface area contributed by atoms with Crippen LogP contribution >= 0.6 is 0 Å². The van der Waals surface area contributed by atoms with Gasteiger partial charge in [0.2, 0.25) is 5.91 Å². The minimum atomic E-state index is -4.52. The number of halogens is 3. The Kier molecular flexibility index (Phi) is 14.2. The quantitative estimate of drug-likeness (QED) is 0.241. The molecule has 0 bridgehead atoms. The maximum Gasteiger partial charge on any atom is 0.419 e. The summed E-state index contributed by atoms with van der Waals surface area (Å²) in [6.45, 7) is 9.76. The number of aliphatic hydroxyl groups is 1. The van der Waals surface area contributed by atoms with Gasteiger partial charge in [-0.05, 0) is 67.6 Å². The lowest BCUT2D eigenvalue weighted by atomic mass is 9.80. The van der Waals surface area contributed by atoms with Crippen LogP contribution in [-0.2, 0) is 26.9 Å². The standard InChI is InChI=1S/C30H49F3N2O5/c1-19(2)22(15-21-7-8-25(30(31,32)33)28(16-21)40-12-6-11-38-5)17-26(34)27(36)18-24(20(3)4)29(37)35-23-9-13-39-14-10-23/h7-8,16,19-20,22-24,26-27,36H,6,9-15,17-18,34H2,1-5H3,(H,35,37). The van der Waals surface area contributed by atoms with E-state index in [1.54, 1.807) is 0 Å². The molecule has 0 spiro atoms. The smallest absolute Gasteiger partial charge is 0.419 e. The molecule has 230 valence electrons. The first-order valence-electron chi connectivity index (χ1n) is 14.5. The normalized spacial score (nSPS) is 18.0. The number of nitrogens with two attached hydrogens (primary N) is 1. The molecule has 1 fully saturated rings. The Morgan fingerprint density at radius 3 is 2.38 bits per heavy atom. The number of hydrogen-bond donors (Lipinski definition) is 3. The molecule has 2 rings (SSSR count). The van der Waals surface area contributed by atoms with Crippen molar-refractivity contribution >= 4 is 5.91 Å². The molecule has 10 heteroatoms. The van der Waals surface area contributed by atoms with Crippen molar-refractivity contribution in [1.29, 1.82) is 0 Å². The second-order valence-corrected chi connectivity index (χ2v) is 11.7. The van der Waals surface area contributed by atoms with Gasteiger partial charge in [-0.25, -0.2) is 0 Å². The third kappa shape index (κ3) is 11.2. The Hall–Kier alpha value is -1.88. The highest BCUT2D eigenvalue weighted by molar-refractivity contribution is 5.79. The molecule has 7 nitrogen and oxygen atoms in total. The molecule has 40 heavy (non-hydrogen) atoms. The van der Waals surface area contributed by atoms with E-state index < -0.39 is 23.9 Å². The van der Waals surface area contributed by atoms with Crippen molar-refractivity contribution in [3.8, 4) is 5.75 Å². The van der Waals surface area contributed by atoms with Crippen LogP contribution in [0.4, 0.5) is 13.2 Å². The summed E-state index contributed by atoms with van der Waals surface area (Å²) in [7, 11) is 1.53. The van der Waals surface area contributed by atoms with Crippen LogP contribution in [0.5, 0.6) is 5.75 Å². The van der Waals surface area contributed by atoms with E-state index in [4.69, 9.17) is 19.9 Å². The summed E-state index contributed by atoms with van der Waals surface area (Å²) in [4.78, 5) is 13.0. The van der Waals surface area contributed by atoms with Crippen molar-refractivity contribution in [2.75, 3.05) is 33.5 Å². The predicted octanol–water partition coefficient (Wildman–Crippen LogP) is 4.97. The molecule has 1 aromatic carbocycles. The van der Waals surface area contributed by atoms with Crippen LogP contribution in [0.1, 0.15) is 70.9 Å². The van der Waals surface area contributed by atoms with E-state index >= 15 is 0 Å². The summed E-state index contributed by atoms with van der Waals surface area (Å²) in [5.41, 5.74) is 6.37. The molecule has 0 aromatic heterocycles. The molecule has 0 aliphatic carbocycles. The monoisotopic (exact) mass is 574 g/mol.